The average molecular weight is 246 g/mol. The Morgan fingerprint density at radius 2 is 1.80 bits per heavy atom. The van der Waals surface area contributed by atoms with Crippen molar-refractivity contribution < 1.29 is 13.5 Å². The second kappa shape index (κ2) is 5.01. The van der Waals surface area contributed by atoms with Gasteiger partial charge in [0.15, 0.2) is 9.84 Å². The van der Waals surface area contributed by atoms with E-state index in [-0.39, 0.29) is 0 Å². The van der Waals surface area contributed by atoms with Crippen LogP contribution in [0.25, 0.3) is 0 Å². The first-order valence-electron chi connectivity index (χ1n) is 4.41. The minimum Gasteiger partial charge on any atom is -0.386 e. The van der Waals surface area contributed by atoms with E-state index in [9.17, 15) is 13.5 Å². The van der Waals surface area contributed by atoms with Crippen molar-refractivity contribution in [3.8, 4) is 0 Å². The topological polar surface area (TPSA) is 54.4 Å². The van der Waals surface area contributed by atoms with Crippen LogP contribution in [0, 0.1) is 0 Å². The molecule has 0 aromatic heterocycles. The van der Waals surface area contributed by atoms with Gasteiger partial charge >= 0.3 is 0 Å². The maximum atomic E-state index is 11.4. The number of hydrogen-bond donors (Lipinski definition) is 1. The number of aliphatic hydroxyl groups is 1. The van der Waals surface area contributed by atoms with Crippen molar-refractivity contribution in [2.24, 2.45) is 0 Å². The standard InChI is InChI=1S/C10H14O3S2/c1-14-10(15(2,12)13)9(11)8-6-4-3-5-7-8/h3-7,9-11H,1-2H3. The van der Waals surface area contributed by atoms with Gasteiger partial charge in [-0.15, -0.1) is 11.8 Å². The summed E-state index contributed by atoms with van der Waals surface area (Å²) < 4.78 is 22.0. The summed E-state index contributed by atoms with van der Waals surface area (Å²) in [5.41, 5.74) is 0.627. The van der Waals surface area contributed by atoms with Crippen molar-refractivity contribution in [2.45, 2.75) is 10.7 Å². The third-order valence-corrected chi connectivity index (χ3v) is 5.50. The minimum atomic E-state index is -3.25. The predicted molar refractivity (Wildman–Crippen MR) is 63.5 cm³/mol. The zero-order chi connectivity index (χ0) is 11.5. The first kappa shape index (κ1) is 12.5. The second-order valence-electron chi connectivity index (χ2n) is 3.29. The van der Waals surface area contributed by atoms with Crippen molar-refractivity contribution >= 4 is 21.6 Å². The number of sulfone groups is 1. The Morgan fingerprint density at radius 1 is 1.27 bits per heavy atom. The molecule has 0 fully saturated rings. The maximum Gasteiger partial charge on any atom is 0.162 e. The monoisotopic (exact) mass is 246 g/mol. The predicted octanol–water partition coefficient (Wildman–Crippen LogP) is 1.45. The van der Waals surface area contributed by atoms with Crippen molar-refractivity contribution in [1.29, 1.82) is 0 Å². The molecule has 3 nitrogen and oxygen atoms in total. The number of hydrogen-bond acceptors (Lipinski definition) is 4. The summed E-state index contributed by atoms with van der Waals surface area (Å²) in [6, 6.07) is 8.82. The second-order valence-corrected chi connectivity index (χ2v) is 6.73. The molecule has 0 saturated carbocycles. The van der Waals surface area contributed by atoms with Gasteiger partial charge in [-0.25, -0.2) is 8.42 Å². The molecule has 15 heavy (non-hydrogen) atoms. The van der Waals surface area contributed by atoms with Crippen LogP contribution in [0.15, 0.2) is 30.3 Å². The van der Waals surface area contributed by atoms with E-state index in [0.29, 0.717) is 5.56 Å². The van der Waals surface area contributed by atoms with E-state index >= 15 is 0 Å². The number of thioether (sulfide) groups is 1. The lowest BCUT2D eigenvalue weighted by atomic mass is 10.1. The largest absolute Gasteiger partial charge is 0.386 e. The smallest absolute Gasteiger partial charge is 0.162 e. The molecule has 84 valence electrons. The Kier molecular flexibility index (Phi) is 4.19. The lowest BCUT2D eigenvalue weighted by molar-refractivity contribution is 0.194. The van der Waals surface area contributed by atoms with Crippen LogP contribution in [0.1, 0.15) is 11.7 Å². The molecule has 2 atom stereocenters. The fraction of sp³-hybridized carbons (Fsp3) is 0.400. The summed E-state index contributed by atoms with van der Waals surface area (Å²) in [5.74, 6) is 0. The number of rotatable bonds is 4. The van der Waals surface area contributed by atoms with Crippen molar-refractivity contribution in [3.05, 3.63) is 35.9 Å². The van der Waals surface area contributed by atoms with Crippen LogP contribution in [0.3, 0.4) is 0 Å². The van der Waals surface area contributed by atoms with Gasteiger partial charge in [0.2, 0.25) is 0 Å². The lowest BCUT2D eigenvalue weighted by Crippen LogP contribution is -2.24. The van der Waals surface area contributed by atoms with E-state index in [1.807, 2.05) is 6.07 Å². The van der Waals surface area contributed by atoms with Crippen LogP contribution < -0.4 is 0 Å². The molecule has 0 aliphatic rings. The molecular formula is C10H14O3S2. The van der Waals surface area contributed by atoms with E-state index in [4.69, 9.17) is 0 Å². The number of aliphatic hydroxyl groups excluding tert-OH is 1. The van der Waals surface area contributed by atoms with E-state index < -0.39 is 20.5 Å². The molecule has 0 aliphatic carbocycles. The van der Waals surface area contributed by atoms with E-state index in [1.165, 1.54) is 0 Å². The summed E-state index contributed by atoms with van der Waals surface area (Å²) in [5, 5.41) is 9.92. The van der Waals surface area contributed by atoms with Gasteiger partial charge in [-0.3, -0.25) is 0 Å². The SMILES string of the molecule is CSC(C(O)c1ccccc1)S(C)(=O)=O. The first-order valence-corrected chi connectivity index (χ1v) is 7.65. The van der Waals surface area contributed by atoms with Gasteiger partial charge in [-0.1, -0.05) is 30.3 Å². The molecule has 0 amide bonds. The Bertz CT molecular complexity index is 400. The third-order valence-electron chi connectivity index (χ3n) is 2.05. The average Bonchev–Trinajstić information content (AvgIpc) is 2.18. The first-order chi connectivity index (χ1) is 6.96. The highest BCUT2D eigenvalue weighted by atomic mass is 32.3. The summed E-state index contributed by atoms with van der Waals surface area (Å²) in [4.78, 5) is 0. The van der Waals surface area contributed by atoms with Crippen molar-refractivity contribution in [1.82, 2.24) is 0 Å². The van der Waals surface area contributed by atoms with Crippen LogP contribution >= 0.6 is 11.8 Å². The van der Waals surface area contributed by atoms with Gasteiger partial charge in [0.25, 0.3) is 0 Å². The Balaban J connectivity index is 2.98. The zero-order valence-electron chi connectivity index (χ0n) is 8.62. The highest BCUT2D eigenvalue weighted by Gasteiger charge is 2.28. The lowest BCUT2D eigenvalue weighted by Gasteiger charge is -2.19. The zero-order valence-corrected chi connectivity index (χ0v) is 10.3. The van der Waals surface area contributed by atoms with E-state index in [2.05, 4.69) is 0 Å². The molecule has 1 N–H and O–H groups in total. The summed E-state index contributed by atoms with van der Waals surface area (Å²) in [6.07, 6.45) is 1.84. The van der Waals surface area contributed by atoms with Gasteiger partial charge in [0, 0.05) is 6.26 Å². The van der Waals surface area contributed by atoms with Gasteiger partial charge in [-0.05, 0) is 11.8 Å². The van der Waals surface area contributed by atoms with Gasteiger partial charge in [0.05, 0.1) is 0 Å². The van der Waals surface area contributed by atoms with E-state index in [0.717, 1.165) is 18.0 Å². The fourth-order valence-corrected chi connectivity index (χ4v) is 3.78. The summed E-state index contributed by atoms with van der Waals surface area (Å²) in [6.45, 7) is 0. The summed E-state index contributed by atoms with van der Waals surface area (Å²) in [7, 11) is -3.25. The fourth-order valence-electron chi connectivity index (χ4n) is 1.35. The van der Waals surface area contributed by atoms with Crippen LogP contribution in [0.2, 0.25) is 0 Å². The molecule has 0 radical (unpaired) electrons. The Hall–Kier alpha value is -0.520. The normalized spacial score (nSPS) is 15.9. The molecule has 0 bridgehead atoms. The molecule has 1 aromatic rings. The third kappa shape index (κ3) is 3.22. The van der Waals surface area contributed by atoms with Gasteiger partial charge in [-0.2, -0.15) is 0 Å². The highest BCUT2D eigenvalue weighted by molar-refractivity contribution is 8.12. The van der Waals surface area contributed by atoms with Crippen LogP contribution in [0.4, 0.5) is 0 Å². The van der Waals surface area contributed by atoms with Gasteiger partial charge in [0.1, 0.15) is 10.7 Å². The molecule has 0 heterocycles. The van der Waals surface area contributed by atoms with Crippen molar-refractivity contribution in [2.75, 3.05) is 12.5 Å². The Morgan fingerprint density at radius 3 is 2.20 bits per heavy atom. The molecule has 2 unspecified atom stereocenters. The molecule has 0 aliphatic heterocycles. The highest BCUT2D eigenvalue weighted by Crippen LogP contribution is 2.28. The van der Waals surface area contributed by atoms with Crippen LogP contribution in [0.5, 0.6) is 0 Å². The number of benzene rings is 1. The Labute approximate surface area is 94.4 Å². The summed E-state index contributed by atoms with van der Waals surface area (Å²) >= 11 is 1.14. The molecule has 1 rings (SSSR count). The quantitative estimate of drug-likeness (QED) is 0.873. The maximum absolute atomic E-state index is 11.4. The van der Waals surface area contributed by atoms with E-state index in [1.54, 1.807) is 30.5 Å². The molecular weight excluding hydrogens is 232 g/mol. The molecule has 5 heteroatoms. The van der Waals surface area contributed by atoms with Crippen LogP contribution in [-0.2, 0) is 9.84 Å². The van der Waals surface area contributed by atoms with Gasteiger partial charge < -0.3 is 5.11 Å². The van der Waals surface area contributed by atoms with Crippen molar-refractivity contribution in [3.63, 3.8) is 0 Å². The molecule has 0 spiro atoms. The minimum absolute atomic E-state index is 0.627. The molecule has 1 aromatic carbocycles. The van der Waals surface area contributed by atoms with Crippen LogP contribution in [-0.4, -0.2) is 30.6 Å². The molecule has 0 saturated heterocycles.